The summed E-state index contributed by atoms with van der Waals surface area (Å²) in [5, 5.41) is 11.7. The lowest BCUT2D eigenvalue weighted by atomic mass is 10.1. The van der Waals surface area contributed by atoms with Crippen LogP contribution in [0.2, 0.25) is 0 Å². The van der Waals surface area contributed by atoms with Gasteiger partial charge >= 0.3 is 5.97 Å². The number of carboxylic acids is 1. The lowest BCUT2D eigenvalue weighted by Gasteiger charge is -2.18. The molecule has 1 aromatic rings. The maximum Gasteiger partial charge on any atom is 0.322 e. The van der Waals surface area contributed by atoms with Crippen LogP contribution in [0.25, 0.3) is 0 Å². The Morgan fingerprint density at radius 2 is 1.73 bits per heavy atom. The van der Waals surface area contributed by atoms with Gasteiger partial charge in [0.2, 0.25) is 15.9 Å². The van der Waals surface area contributed by atoms with E-state index in [2.05, 4.69) is 10.0 Å². The van der Waals surface area contributed by atoms with Crippen molar-refractivity contribution in [3.05, 3.63) is 29.8 Å². The van der Waals surface area contributed by atoms with Gasteiger partial charge in [0, 0.05) is 13.5 Å². The molecule has 3 N–H and O–H groups in total. The molecular formula is C14H20N2O5S. The Morgan fingerprint density at radius 3 is 2.14 bits per heavy atom. The Labute approximate surface area is 129 Å². The maximum atomic E-state index is 12.2. The van der Waals surface area contributed by atoms with Crippen LogP contribution in [-0.4, -0.2) is 31.4 Å². The molecule has 122 valence electrons. The summed E-state index contributed by atoms with van der Waals surface area (Å²) in [6.07, 6.45) is 0. The van der Waals surface area contributed by atoms with Gasteiger partial charge < -0.3 is 10.4 Å². The Balaban J connectivity index is 2.89. The van der Waals surface area contributed by atoms with Gasteiger partial charge in [-0.3, -0.25) is 9.59 Å². The van der Waals surface area contributed by atoms with E-state index in [-0.39, 0.29) is 16.7 Å². The third-order valence-corrected chi connectivity index (χ3v) is 4.45. The number of hydrogen-bond acceptors (Lipinski definition) is 4. The largest absolute Gasteiger partial charge is 0.480 e. The van der Waals surface area contributed by atoms with Crippen LogP contribution in [0.3, 0.4) is 0 Å². The number of carbonyl (C=O) groups is 2. The van der Waals surface area contributed by atoms with Gasteiger partial charge in [0.15, 0.2) is 0 Å². The molecule has 7 nitrogen and oxygen atoms in total. The van der Waals surface area contributed by atoms with Crippen LogP contribution < -0.4 is 10.0 Å². The van der Waals surface area contributed by atoms with Crippen LogP contribution in [-0.2, 0) is 26.2 Å². The first kappa shape index (κ1) is 18.1. The first-order chi connectivity index (χ1) is 10.1. The summed E-state index contributed by atoms with van der Waals surface area (Å²) in [4.78, 5) is 21.9. The Hall–Kier alpha value is -1.93. The van der Waals surface area contributed by atoms with Crippen molar-refractivity contribution in [1.29, 1.82) is 0 Å². The molecule has 0 heterocycles. The second kappa shape index (κ2) is 7.37. The molecule has 22 heavy (non-hydrogen) atoms. The number of hydrogen-bond donors (Lipinski definition) is 3. The Kier molecular flexibility index (Phi) is 6.07. The van der Waals surface area contributed by atoms with Crippen LogP contribution in [0.5, 0.6) is 0 Å². The predicted octanol–water partition coefficient (Wildman–Crippen LogP) is 0.710. The highest BCUT2D eigenvalue weighted by atomic mass is 32.2. The molecule has 0 fully saturated rings. The second-order valence-corrected chi connectivity index (χ2v) is 6.95. The molecule has 1 amide bonds. The van der Waals surface area contributed by atoms with E-state index in [1.165, 1.54) is 19.1 Å². The summed E-state index contributed by atoms with van der Waals surface area (Å²) in [7, 11) is -3.92. The van der Waals surface area contributed by atoms with Crippen molar-refractivity contribution in [2.24, 2.45) is 5.92 Å². The van der Waals surface area contributed by atoms with E-state index in [1.807, 2.05) is 0 Å². The molecule has 0 saturated carbocycles. The quantitative estimate of drug-likeness (QED) is 0.682. The van der Waals surface area contributed by atoms with Gasteiger partial charge in [0.25, 0.3) is 0 Å². The van der Waals surface area contributed by atoms with E-state index >= 15 is 0 Å². The lowest BCUT2D eigenvalue weighted by molar-refractivity contribution is -0.140. The summed E-state index contributed by atoms with van der Waals surface area (Å²) in [5.41, 5.74) is 0.743. The minimum atomic E-state index is -3.92. The molecule has 0 aromatic heterocycles. The van der Waals surface area contributed by atoms with Crippen molar-refractivity contribution < 1.29 is 23.1 Å². The molecule has 8 heteroatoms. The number of sulfonamides is 1. The minimum absolute atomic E-state index is 0.0222. The first-order valence-electron chi connectivity index (χ1n) is 6.72. The molecule has 0 aliphatic carbocycles. The average Bonchev–Trinajstić information content (AvgIpc) is 2.42. The fraction of sp³-hybridized carbons (Fsp3) is 0.429. The summed E-state index contributed by atoms with van der Waals surface area (Å²) in [6.45, 7) is 4.93. The van der Waals surface area contributed by atoms with Crippen LogP contribution >= 0.6 is 0 Å². The average molecular weight is 328 g/mol. The van der Waals surface area contributed by atoms with E-state index in [1.54, 1.807) is 26.0 Å². The van der Waals surface area contributed by atoms with E-state index in [4.69, 9.17) is 5.11 Å². The standard InChI is InChI=1S/C14H20N2O5S/c1-9(2)13(14(18)19)16-22(20,21)12-6-4-11(5-7-12)8-15-10(3)17/h4-7,9,13,16H,8H2,1-3H3,(H,15,17)(H,18,19)/t13-/m1/s1. The highest BCUT2D eigenvalue weighted by Gasteiger charge is 2.27. The van der Waals surface area contributed by atoms with Gasteiger partial charge in [0.05, 0.1) is 4.90 Å². The topological polar surface area (TPSA) is 113 Å². The molecule has 0 aliphatic rings. The number of benzene rings is 1. The zero-order valence-electron chi connectivity index (χ0n) is 12.7. The van der Waals surface area contributed by atoms with Crippen molar-refractivity contribution in [2.45, 2.75) is 38.3 Å². The molecule has 0 radical (unpaired) electrons. The summed E-state index contributed by atoms with van der Waals surface area (Å²) < 4.78 is 26.6. The van der Waals surface area contributed by atoms with E-state index in [0.717, 1.165) is 5.56 Å². The molecule has 1 aromatic carbocycles. The van der Waals surface area contributed by atoms with Gasteiger partial charge in [-0.1, -0.05) is 26.0 Å². The van der Waals surface area contributed by atoms with E-state index < -0.39 is 22.0 Å². The molecule has 0 bridgehead atoms. The van der Waals surface area contributed by atoms with Gasteiger partial charge in [-0.05, 0) is 23.6 Å². The van der Waals surface area contributed by atoms with Crippen LogP contribution in [0.4, 0.5) is 0 Å². The van der Waals surface area contributed by atoms with Crippen molar-refractivity contribution >= 4 is 21.9 Å². The second-order valence-electron chi connectivity index (χ2n) is 5.23. The van der Waals surface area contributed by atoms with Crippen molar-refractivity contribution in [2.75, 3.05) is 0 Å². The SMILES string of the molecule is CC(=O)NCc1ccc(S(=O)(=O)N[C@@H](C(=O)O)C(C)C)cc1. The monoisotopic (exact) mass is 328 g/mol. The number of carboxylic acid groups (broad SMARTS) is 1. The molecule has 1 rings (SSSR count). The lowest BCUT2D eigenvalue weighted by Crippen LogP contribution is -2.44. The normalized spacial score (nSPS) is 12.9. The summed E-state index contributed by atoms with van der Waals surface area (Å²) >= 11 is 0. The minimum Gasteiger partial charge on any atom is -0.480 e. The first-order valence-corrected chi connectivity index (χ1v) is 8.20. The van der Waals surface area contributed by atoms with Gasteiger partial charge in [0.1, 0.15) is 6.04 Å². The Bertz CT molecular complexity index is 638. The Morgan fingerprint density at radius 1 is 1.18 bits per heavy atom. The molecule has 1 atom stereocenters. The van der Waals surface area contributed by atoms with Gasteiger partial charge in [-0.15, -0.1) is 0 Å². The van der Waals surface area contributed by atoms with Gasteiger partial charge in [-0.2, -0.15) is 4.72 Å². The zero-order chi connectivity index (χ0) is 16.9. The zero-order valence-corrected chi connectivity index (χ0v) is 13.5. The van der Waals surface area contributed by atoms with Crippen molar-refractivity contribution in [3.8, 4) is 0 Å². The van der Waals surface area contributed by atoms with Crippen molar-refractivity contribution in [1.82, 2.24) is 10.0 Å². The molecule has 0 saturated heterocycles. The number of rotatable bonds is 7. The summed E-state index contributed by atoms with van der Waals surface area (Å²) in [6, 6.07) is 4.69. The fourth-order valence-corrected chi connectivity index (χ4v) is 3.06. The predicted molar refractivity (Wildman–Crippen MR) is 80.5 cm³/mol. The van der Waals surface area contributed by atoms with E-state index in [0.29, 0.717) is 6.54 Å². The van der Waals surface area contributed by atoms with E-state index in [9.17, 15) is 18.0 Å². The fourth-order valence-electron chi connectivity index (χ4n) is 1.72. The van der Waals surface area contributed by atoms with Crippen LogP contribution in [0.1, 0.15) is 26.3 Å². The third-order valence-electron chi connectivity index (χ3n) is 2.99. The molecular weight excluding hydrogens is 308 g/mol. The highest BCUT2D eigenvalue weighted by Crippen LogP contribution is 2.13. The van der Waals surface area contributed by atoms with Crippen LogP contribution in [0, 0.1) is 5.92 Å². The molecule has 0 aliphatic heterocycles. The number of carbonyl (C=O) groups excluding carboxylic acids is 1. The maximum absolute atomic E-state index is 12.2. The number of aliphatic carboxylic acids is 1. The number of nitrogens with one attached hydrogen (secondary N) is 2. The third kappa shape index (κ3) is 5.12. The smallest absolute Gasteiger partial charge is 0.322 e. The van der Waals surface area contributed by atoms with Crippen molar-refractivity contribution in [3.63, 3.8) is 0 Å². The molecule has 0 spiro atoms. The van der Waals surface area contributed by atoms with Gasteiger partial charge in [-0.25, -0.2) is 8.42 Å². The number of amides is 1. The molecule has 0 unspecified atom stereocenters. The summed E-state index contributed by atoms with van der Waals surface area (Å²) in [5.74, 6) is -1.79. The highest BCUT2D eigenvalue weighted by molar-refractivity contribution is 7.89. The van der Waals surface area contributed by atoms with Crippen LogP contribution in [0.15, 0.2) is 29.2 Å².